The molecule has 0 aliphatic carbocycles. The Bertz CT molecular complexity index is 1150. The number of rotatable bonds is 4. The van der Waals surface area contributed by atoms with Gasteiger partial charge in [0.05, 0.1) is 0 Å². The second kappa shape index (κ2) is 7.27. The highest BCUT2D eigenvalue weighted by Crippen LogP contribution is 2.30. The first-order valence-corrected chi connectivity index (χ1v) is 9.25. The third kappa shape index (κ3) is 3.50. The first kappa shape index (κ1) is 17.2. The standard InChI is InChI=1S/C22H17N3O4/c26-21(16-7-8-17-19(12-16)28-11-10-27-17)24-13-14-3-5-15(6-4-14)22-25-20-18(29-22)2-1-9-23-20/h1-9,12H,10-11,13H2,(H,24,26). The second-order valence-electron chi connectivity index (χ2n) is 6.58. The zero-order chi connectivity index (χ0) is 19.6. The highest BCUT2D eigenvalue weighted by Gasteiger charge is 2.15. The van der Waals surface area contributed by atoms with E-state index in [0.29, 0.717) is 53.9 Å². The van der Waals surface area contributed by atoms with Crippen molar-refractivity contribution in [2.75, 3.05) is 13.2 Å². The molecule has 0 saturated heterocycles. The number of hydrogen-bond donors (Lipinski definition) is 1. The average molecular weight is 387 g/mol. The summed E-state index contributed by atoms with van der Waals surface area (Å²) in [5.74, 6) is 1.61. The summed E-state index contributed by atoms with van der Waals surface area (Å²) in [6, 6.07) is 16.5. The highest BCUT2D eigenvalue weighted by atomic mass is 16.6. The van der Waals surface area contributed by atoms with Crippen LogP contribution in [0.5, 0.6) is 11.5 Å². The van der Waals surface area contributed by atoms with Crippen molar-refractivity contribution < 1.29 is 18.7 Å². The molecule has 1 amide bonds. The lowest BCUT2D eigenvalue weighted by Gasteiger charge is -2.18. The van der Waals surface area contributed by atoms with Crippen LogP contribution in [0.2, 0.25) is 0 Å². The maximum absolute atomic E-state index is 12.5. The highest BCUT2D eigenvalue weighted by molar-refractivity contribution is 5.94. The molecule has 29 heavy (non-hydrogen) atoms. The predicted octanol–water partition coefficient (Wildman–Crippen LogP) is 3.59. The molecule has 4 aromatic rings. The van der Waals surface area contributed by atoms with Gasteiger partial charge in [0.15, 0.2) is 22.7 Å². The fourth-order valence-corrected chi connectivity index (χ4v) is 3.13. The zero-order valence-corrected chi connectivity index (χ0v) is 15.4. The van der Waals surface area contributed by atoms with Crippen molar-refractivity contribution in [2.45, 2.75) is 6.54 Å². The molecule has 0 saturated carbocycles. The van der Waals surface area contributed by atoms with E-state index in [-0.39, 0.29) is 5.91 Å². The quantitative estimate of drug-likeness (QED) is 0.576. The van der Waals surface area contributed by atoms with E-state index < -0.39 is 0 Å². The van der Waals surface area contributed by atoms with Crippen LogP contribution >= 0.6 is 0 Å². The van der Waals surface area contributed by atoms with Gasteiger partial charge in [-0.05, 0) is 48.0 Å². The van der Waals surface area contributed by atoms with Crippen molar-refractivity contribution in [3.05, 3.63) is 71.9 Å². The summed E-state index contributed by atoms with van der Waals surface area (Å²) >= 11 is 0. The molecule has 0 radical (unpaired) electrons. The molecule has 3 heterocycles. The van der Waals surface area contributed by atoms with Gasteiger partial charge in [0.2, 0.25) is 5.89 Å². The Morgan fingerprint density at radius 2 is 1.83 bits per heavy atom. The van der Waals surface area contributed by atoms with Crippen LogP contribution < -0.4 is 14.8 Å². The van der Waals surface area contributed by atoms with E-state index in [4.69, 9.17) is 13.9 Å². The number of benzene rings is 2. The molecule has 5 rings (SSSR count). The van der Waals surface area contributed by atoms with Gasteiger partial charge in [-0.1, -0.05) is 12.1 Å². The van der Waals surface area contributed by atoms with E-state index in [9.17, 15) is 4.79 Å². The summed E-state index contributed by atoms with van der Waals surface area (Å²) in [5, 5.41) is 2.92. The Balaban J connectivity index is 1.26. The minimum Gasteiger partial charge on any atom is -0.486 e. The number of carbonyl (C=O) groups is 1. The van der Waals surface area contributed by atoms with Crippen LogP contribution in [0.4, 0.5) is 0 Å². The number of hydrogen-bond acceptors (Lipinski definition) is 6. The number of amides is 1. The monoisotopic (exact) mass is 387 g/mol. The Kier molecular flexibility index (Phi) is 4.32. The average Bonchev–Trinajstić information content (AvgIpc) is 3.22. The third-order valence-corrected chi connectivity index (χ3v) is 4.62. The SMILES string of the molecule is O=C(NCc1ccc(-c2nc3ncccc3o2)cc1)c1ccc2c(c1)OCCO2. The maximum Gasteiger partial charge on any atom is 0.251 e. The Labute approximate surface area is 166 Å². The van der Waals surface area contributed by atoms with Crippen LogP contribution in [0.25, 0.3) is 22.7 Å². The van der Waals surface area contributed by atoms with Crippen molar-refractivity contribution in [3.8, 4) is 23.0 Å². The molecule has 1 aliphatic heterocycles. The lowest BCUT2D eigenvalue weighted by molar-refractivity contribution is 0.0949. The lowest BCUT2D eigenvalue weighted by Crippen LogP contribution is -2.23. The van der Waals surface area contributed by atoms with Crippen molar-refractivity contribution in [3.63, 3.8) is 0 Å². The number of carbonyl (C=O) groups excluding carboxylic acids is 1. The van der Waals surface area contributed by atoms with E-state index in [1.54, 1.807) is 24.4 Å². The topological polar surface area (TPSA) is 86.5 Å². The summed E-state index contributed by atoms with van der Waals surface area (Å²) < 4.78 is 16.7. The van der Waals surface area contributed by atoms with E-state index in [1.165, 1.54) is 0 Å². The third-order valence-electron chi connectivity index (χ3n) is 4.62. The molecule has 7 heteroatoms. The number of oxazole rings is 1. The van der Waals surface area contributed by atoms with Gasteiger partial charge in [-0.25, -0.2) is 4.98 Å². The van der Waals surface area contributed by atoms with Crippen molar-refractivity contribution in [2.24, 2.45) is 0 Å². The molecule has 1 aliphatic rings. The minimum atomic E-state index is -0.170. The van der Waals surface area contributed by atoms with Crippen molar-refractivity contribution in [1.82, 2.24) is 15.3 Å². The van der Waals surface area contributed by atoms with Crippen LogP contribution in [0.3, 0.4) is 0 Å². The number of nitrogens with zero attached hydrogens (tertiary/aromatic N) is 2. The smallest absolute Gasteiger partial charge is 0.251 e. The molecule has 1 N–H and O–H groups in total. The van der Waals surface area contributed by atoms with Gasteiger partial charge in [0.1, 0.15) is 13.2 Å². The predicted molar refractivity (Wildman–Crippen MR) is 106 cm³/mol. The number of nitrogens with one attached hydrogen (secondary N) is 1. The second-order valence-corrected chi connectivity index (χ2v) is 6.58. The van der Waals surface area contributed by atoms with E-state index in [2.05, 4.69) is 15.3 Å². The van der Waals surface area contributed by atoms with Gasteiger partial charge < -0.3 is 19.2 Å². The van der Waals surface area contributed by atoms with E-state index in [1.807, 2.05) is 36.4 Å². The van der Waals surface area contributed by atoms with Gasteiger partial charge in [-0.2, -0.15) is 4.98 Å². The van der Waals surface area contributed by atoms with Crippen molar-refractivity contribution >= 4 is 17.1 Å². The molecule has 0 bridgehead atoms. The Morgan fingerprint density at radius 3 is 2.66 bits per heavy atom. The zero-order valence-electron chi connectivity index (χ0n) is 15.4. The van der Waals surface area contributed by atoms with Crippen LogP contribution in [-0.4, -0.2) is 29.1 Å². The van der Waals surface area contributed by atoms with Gasteiger partial charge in [-0.3, -0.25) is 4.79 Å². The Morgan fingerprint density at radius 1 is 1.00 bits per heavy atom. The molecule has 2 aromatic heterocycles. The van der Waals surface area contributed by atoms with Gasteiger partial charge in [0.25, 0.3) is 5.91 Å². The summed E-state index contributed by atoms with van der Waals surface area (Å²) in [6.45, 7) is 1.41. The normalized spacial score (nSPS) is 12.7. The molecule has 0 fully saturated rings. The maximum atomic E-state index is 12.5. The molecule has 0 spiro atoms. The van der Waals surface area contributed by atoms with Crippen LogP contribution in [-0.2, 0) is 6.54 Å². The van der Waals surface area contributed by atoms with Crippen LogP contribution in [0, 0.1) is 0 Å². The summed E-state index contributed by atoms with van der Waals surface area (Å²) in [5.41, 5.74) is 3.58. The van der Waals surface area contributed by atoms with E-state index in [0.717, 1.165) is 11.1 Å². The van der Waals surface area contributed by atoms with Crippen LogP contribution in [0.15, 0.2) is 65.2 Å². The number of pyridine rings is 1. The molecule has 2 aromatic carbocycles. The molecule has 7 nitrogen and oxygen atoms in total. The molecular formula is C22H17N3O4. The first-order chi connectivity index (χ1) is 14.3. The molecular weight excluding hydrogens is 370 g/mol. The molecule has 144 valence electrons. The van der Waals surface area contributed by atoms with E-state index >= 15 is 0 Å². The van der Waals surface area contributed by atoms with Gasteiger partial charge in [0, 0.05) is 23.9 Å². The first-order valence-electron chi connectivity index (χ1n) is 9.25. The summed E-state index contributed by atoms with van der Waals surface area (Å²) in [6.07, 6.45) is 1.68. The number of ether oxygens (including phenoxy) is 2. The van der Waals surface area contributed by atoms with Gasteiger partial charge in [-0.15, -0.1) is 0 Å². The Hall–Kier alpha value is -3.87. The summed E-state index contributed by atoms with van der Waals surface area (Å²) in [4.78, 5) is 21.0. The number of aromatic nitrogens is 2. The minimum absolute atomic E-state index is 0.170. The molecule has 0 atom stereocenters. The largest absolute Gasteiger partial charge is 0.486 e. The number of fused-ring (bicyclic) bond motifs is 2. The fourth-order valence-electron chi connectivity index (χ4n) is 3.13. The van der Waals surface area contributed by atoms with Gasteiger partial charge >= 0.3 is 0 Å². The summed E-state index contributed by atoms with van der Waals surface area (Å²) in [7, 11) is 0. The fraction of sp³-hybridized carbons (Fsp3) is 0.136. The van der Waals surface area contributed by atoms with Crippen LogP contribution in [0.1, 0.15) is 15.9 Å². The molecule has 0 unspecified atom stereocenters. The van der Waals surface area contributed by atoms with Crippen molar-refractivity contribution in [1.29, 1.82) is 0 Å². The lowest BCUT2D eigenvalue weighted by atomic mass is 10.1.